The molecule has 0 saturated carbocycles. The van der Waals surface area contributed by atoms with Gasteiger partial charge in [-0.2, -0.15) is 0 Å². The van der Waals surface area contributed by atoms with Crippen molar-refractivity contribution in [2.24, 2.45) is 0 Å². The van der Waals surface area contributed by atoms with Crippen LogP contribution in [0.2, 0.25) is 0 Å². The smallest absolute Gasteiger partial charge is 0.0988 e. The van der Waals surface area contributed by atoms with Crippen LogP contribution in [0.3, 0.4) is 0 Å². The number of para-hydroxylation sites is 1. The van der Waals surface area contributed by atoms with E-state index in [1.165, 1.54) is 11.3 Å². The fraction of sp³-hybridized carbons (Fsp3) is 0.625. The van der Waals surface area contributed by atoms with Crippen molar-refractivity contribution in [2.45, 2.75) is 38.5 Å². The maximum atomic E-state index is 9.45. The summed E-state index contributed by atoms with van der Waals surface area (Å²) >= 11 is 0. The molecule has 2 rings (SSSR count). The number of aliphatic hydroxyl groups is 1. The largest absolute Gasteiger partial charge is 0.394 e. The first-order chi connectivity index (χ1) is 9.46. The molecule has 1 aliphatic heterocycles. The van der Waals surface area contributed by atoms with Gasteiger partial charge in [0, 0.05) is 24.8 Å². The van der Waals surface area contributed by atoms with E-state index in [9.17, 15) is 5.11 Å². The molecular weight excluding hydrogens is 252 g/mol. The van der Waals surface area contributed by atoms with Crippen molar-refractivity contribution < 1.29 is 9.84 Å². The lowest BCUT2D eigenvalue weighted by Crippen LogP contribution is -2.54. The molecule has 0 aliphatic carbocycles. The third-order valence-electron chi connectivity index (χ3n) is 3.86. The van der Waals surface area contributed by atoms with Crippen molar-refractivity contribution in [3.63, 3.8) is 0 Å². The van der Waals surface area contributed by atoms with Gasteiger partial charge < -0.3 is 20.1 Å². The highest BCUT2D eigenvalue weighted by atomic mass is 16.5. The van der Waals surface area contributed by atoms with E-state index in [2.05, 4.69) is 55.3 Å². The summed E-state index contributed by atoms with van der Waals surface area (Å²) in [6.45, 7) is 7.93. The second-order valence-electron chi connectivity index (χ2n) is 6.13. The Bertz CT molecular complexity index is 448. The van der Waals surface area contributed by atoms with Crippen molar-refractivity contribution in [3.8, 4) is 0 Å². The lowest BCUT2D eigenvalue weighted by Gasteiger charge is -2.44. The van der Waals surface area contributed by atoms with Gasteiger partial charge in [-0.1, -0.05) is 18.2 Å². The van der Waals surface area contributed by atoms with E-state index in [4.69, 9.17) is 4.74 Å². The van der Waals surface area contributed by atoms with E-state index in [-0.39, 0.29) is 18.3 Å². The molecule has 1 aromatic carbocycles. The Morgan fingerprint density at radius 3 is 2.80 bits per heavy atom. The van der Waals surface area contributed by atoms with Gasteiger partial charge in [-0.3, -0.25) is 0 Å². The van der Waals surface area contributed by atoms with Crippen LogP contribution >= 0.6 is 0 Å². The van der Waals surface area contributed by atoms with Crippen molar-refractivity contribution in [1.82, 2.24) is 5.32 Å². The van der Waals surface area contributed by atoms with Gasteiger partial charge >= 0.3 is 0 Å². The van der Waals surface area contributed by atoms with E-state index in [1.807, 2.05) is 7.05 Å². The first kappa shape index (κ1) is 15.3. The molecule has 0 spiro atoms. The maximum Gasteiger partial charge on any atom is 0.0988 e. The molecule has 0 amide bonds. The summed E-state index contributed by atoms with van der Waals surface area (Å²) < 4.78 is 5.89. The van der Waals surface area contributed by atoms with Crippen LogP contribution in [0.4, 0.5) is 5.69 Å². The molecule has 1 aromatic rings. The lowest BCUT2D eigenvalue weighted by atomic mass is 10.0. The number of anilines is 1. The number of aliphatic hydroxyl groups excluding tert-OH is 1. The third kappa shape index (κ3) is 3.32. The minimum Gasteiger partial charge on any atom is -0.394 e. The molecule has 1 saturated heterocycles. The molecular formula is C16H26N2O2. The number of ether oxygens (including phenoxy) is 1. The topological polar surface area (TPSA) is 44.7 Å². The molecule has 0 aromatic heterocycles. The van der Waals surface area contributed by atoms with Gasteiger partial charge in [-0.25, -0.2) is 0 Å². The summed E-state index contributed by atoms with van der Waals surface area (Å²) in [4.78, 5) is 2.33. The van der Waals surface area contributed by atoms with E-state index >= 15 is 0 Å². The van der Waals surface area contributed by atoms with Crippen molar-refractivity contribution in [3.05, 3.63) is 29.8 Å². The van der Waals surface area contributed by atoms with Crippen LogP contribution in [0, 0.1) is 0 Å². The molecule has 2 atom stereocenters. The first-order valence-electron chi connectivity index (χ1n) is 7.26. The third-order valence-corrected chi connectivity index (χ3v) is 3.86. The molecule has 0 bridgehead atoms. The minimum atomic E-state index is -0.248. The number of morpholine rings is 1. The predicted molar refractivity (Wildman–Crippen MR) is 82.2 cm³/mol. The monoisotopic (exact) mass is 278 g/mol. The van der Waals surface area contributed by atoms with Crippen molar-refractivity contribution in [2.75, 3.05) is 31.6 Å². The maximum absolute atomic E-state index is 9.45. The standard InChI is InChI=1S/C16H26N2O2/c1-12(17-4)14-7-5-6-8-15(14)18-9-13(10-19)20-16(2,3)11-18/h5-8,12-13,17,19H,9-11H2,1-4H3. The fourth-order valence-electron chi connectivity index (χ4n) is 2.87. The average Bonchev–Trinajstić information content (AvgIpc) is 2.44. The molecule has 2 N–H and O–H groups in total. The Kier molecular flexibility index (Phi) is 4.68. The zero-order valence-corrected chi connectivity index (χ0v) is 12.9. The highest BCUT2D eigenvalue weighted by molar-refractivity contribution is 5.55. The van der Waals surface area contributed by atoms with Gasteiger partial charge in [0.25, 0.3) is 0 Å². The van der Waals surface area contributed by atoms with Gasteiger partial charge in [-0.05, 0) is 39.4 Å². The fourth-order valence-corrected chi connectivity index (χ4v) is 2.87. The molecule has 4 nitrogen and oxygen atoms in total. The molecule has 0 radical (unpaired) electrons. The van der Waals surface area contributed by atoms with Gasteiger partial charge in [0.05, 0.1) is 18.3 Å². The van der Waals surface area contributed by atoms with Gasteiger partial charge in [0.1, 0.15) is 0 Å². The predicted octanol–water partition coefficient (Wildman–Crippen LogP) is 1.94. The number of nitrogens with one attached hydrogen (secondary N) is 1. The molecule has 1 aliphatic rings. The van der Waals surface area contributed by atoms with Crippen LogP contribution in [0.5, 0.6) is 0 Å². The first-order valence-corrected chi connectivity index (χ1v) is 7.26. The van der Waals surface area contributed by atoms with Crippen LogP contribution in [0.25, 0.3) is 0 Å². The Morgan fingerprint density at radius 1 is 1.45 bits per heavy atom. The molecule has 20 heavy (non-hydrogen) atoms. The van der Waals surface area contributed by atoms with E-state index in [0.717, 1.165) is 13.1 Å². The van der Waals surface area contributed by atoms with Gasteiger partial charge in [0.2, 0.25) is 0 Å². The molecule has 2 unspecified atom stereocenters. The zero-order chi connectivity index (χ0) is 14.8. The van der Waals surface area contributed by atoms with Crippen LogP contribution < -0.4 is 10.2 Å². The summed E-state index contributed by atoms with van der Waals surface area (Å²) in [6, 6.07) is 8.75. The summed E-state index contributed by atoms with van der Waals surface area (Å²) in [7, 11) is 1.97. The number of rotatable bonds is 4. The molecule has 112 valence electrons. The summed E-state index contributed by atoms with van der Waals surface area (Å²) in [6.07, 6.45) is -0.128. The SMILES string of the molecule is CNC(C)c1ccccc1N1CC(CO)OC(C)(C)C1. The highest BCUT2D eigenvalue weighted by Gasteiger charge is 2.34. The van der Waals surface area contributed by atoms with Crippen molar-refractivity contribution >= 4 is 5.69 Å². The number of hydrogen-bond acceptors (Lipinski definition) is 4. The average molecular weight is 278 g/mol. The molecule has 1 fully saturated rings. The number of hydrogen-bond donors (Lipinski definition) is 2. The normalized spacial score (nSPS) is 23.6. The van der Waals surface area contributed by atoms with Crippen LogP contribution in [0.15, 0.2) is 24.3 Å². The van der Waals surface area contributed by atoms with Crippen LogP contribution in [-0.4, -0.2) is 43.6 Å². The quantitative estimate of drug-likeness (QED) is 0.883. The summed E-state index contributed by atoms with van der Waals surface area (Å²) in [5.74, 6) is 0. The number of nitrogens with zero attached hydrogens (tertiary/aromatic N) is 1. The van der Waals surface area contributed by atoms with Crippen LogP contribution in [-0.2, 0) is 4.74 Å². The summed E-state index contributed by atoms with van der Waals surface area (Å²) in [5.41, 5.74) is 2.26. The van der Waals surface area contributed by atoms with Crippen LogP contribution in [0.1, 0.15) is 32.4 Å². The van der Waals surface area contributed by atoms with E-state index in [0.29, 0.717) is 6.04 Å². The molecule has 1 heterocycles. The Labute approximate surface area is 121 Å². The Balaban J connectivity index is 2.30. The Hall–Kier alpha value is -1.10. The van der Waals surface area contributed by atoms with Gasteiger partial charge in [-0.15, -0.1) is 0 Å². The zero-order valence-electron chi connectivity index (χ0n) is 12.9. The van der Waals surface area contributed by atoms with Crippen molar-refractivity contribution in [1.29, 1.82) is 0 Å². The second kappa shape index (κ2) is 6.12. The minimum absolute atomic E-state index is 0.0592. The van der Waals surface area contributed by atoms with Gasteiger partial charge in [0.15, 0.2) is 0 Å². The van der Waals surface area contributed by atoms with E-state index < -0.39 is 0 Å². The van der Waals surface area contributed by atoms with E-state index in [1.54, 1.807) is 0 Å². The highest BCUT2D eigenvalue weighted by Crippen LogP contribution is 2.31. The molecule has 4 heteroatoms. The number of benzene rings is 1. The lowest BCUT2D eigenvalue weighted by molar-refractivity contribution is -0.101. The Morgan fingerprint density at radius 2 is 2.15 bits per heavy atom. The second-order valence-corrected chi connectivity index (χ2v) is 6.13. The summed E-state index contributed by atoms with van der Waals surface area (Å²) in [5, 5.41) is 12.7.